The summed E-state index contributed by atoms with van der Waals surface area (Å²) in [5.41, 5.74) is 2.45. The normalized spacial score (nSPS) is 20.5. The molecule has 0 spiro atoms. The molecule has 4 rings (SSSR count). The Kier molecular flexibility index (Phi) is 4.16. The minimum Gasteiger partial charge on any atom is -0.345 e. The number of rotatable bonds is 3. The standard InChI is InChI=1S/C19H23N3O3S/c1-14-11-15-7-3-4-8-17(15)22(14)19(23)18-12-16(13-20(18)2)26(24,25)21-9-5-6-10-21/h3-4,7-8,12-14H,5-6,9-11H2,1-2H3. The lowest BCUT2D eigenvalue weighted by Crippen LogP contribution is -2.36. The minimum atomic E-state index is -3.53. The Balaban J connectivity index is 1.69. The van der Waals surface area contributed by atoms with E-state index in [0.29, 0.717) is 18.8 Å². The molecule has 6 nitrogen and oxygen atoms in total. The Morgan fingerprint density at radius 3 is 2.58 bits per heavy atom. The topological polar surface area (TPSA) is 62.6 Å². The van der Waals surface area contributed by atoms with E-state index < -0.39 is 10.0 Å². The first-order valence-corrected chi connectivity index (χ1v) is 10.4. The molecule has 2 aliphatic heterocycles. The van der Waals surface area contributed by atoms with Crippen molar-refractivity contribution in [3.8, 4) is 0 Å². The van der Waals surface area contributed by atoms with Crippen LogP contribution in [0, 0.1) is 0 Å². The van der Waals surface area contributed by atoms with E-state index in [0.717, 1.165) is 30.5 Å². The molecule has 1 unspecified atom stereocenters. The summed E-state index contributed by atoms with van der Waals surface area (Å²) in [6, 6.07) is 9.45. The molecule has 0 saturated carbocycles. The average molecular weight is 373 g/mol. The molecular formula is C19H23N3O3S. The molecular weight excluding hydrogens is 350 g/mol. The van der Waals surface area contributed by atoms with Crippen LogP contribution in [0.5, 0.6) is 0 Å². The zero-order valence-corrected chi connectivity index (χ0v) is 15.9. The predicted octanol–water partition coefficient (Wildman–Crippen LogP) is 2.40. The van der Waals surface area contributed by atoms with Crippen LogP contribution in [0.1, 0.15) is 35.8 Å². The maximum Gasteiger partial charge on any atom is 0.275 e. The van der Waals surface area contributed by atoms with Gasteiger partial charge < -0.3 is 9.47 Å². The molecule has 0 N–H and O–H groups in total. The van der Waals surface area contributed by atoms with Crippen LogP contribution >= 0.6 is 0 Å². The number of hydrogen-bond acceptors (Lipinski definition) is 3. The van der Waals surface area contributed by atoms with Crippen molar-refractivity contribution >= 4 is 21.6 Å². The Hall–Kier alpha value is -2.12. The molecule has 2 aliphatic rings. The zero-order chi connectivity index (χ0) is 18.5. The third-order valence-corrected chi connectivity index (χ3v) is 7.19. The summed E-state index contributed by atoms with van der Waals surface area (Å²) in [6.07, 6.45) is 4.14. The summed E-state index contributed by atoms with van der Waals surface area (Å²) in [6.45, 7) is 3.12. The van der Waals surface area contributed by atoms with E-state index in [2.05, 4.69) is 0 Å². The Morgan fingerprint density at radius 2 is 1.85 bits per heavy atom. The van der Waals surface area contributed by atoms with Gasteiger partial charge in [0.2, 0.25) is 10.0 Å². The van der Waals surface area contributed by atoms with Crippen LogP contribution in [0.3, 0.4) is 0 Å². The molecule has 0 aliphatic carbocycles. The van der Waals surface area contributed by atoms with E-state index >= 15 is 0 Å². The number of fused-ring (bicyclic) bond motifs is 1. The van der Waals surface area contributed by atoms with E-state index in [1.54, 1.807) is 22.7 Å². The second-order valence-electron chi connectivity index (χ2n) is 7.14. The third kappa shape index (κ3) is 2.66. The molecule has 0 radical (unpaired) electrons. The van der Waals surface area contributed by atoms with Crippen LogP contribution in [-0.4, -0.2) is 42.3 Å². The molecule has 7 heteroatoms. The first kappa shape index (κ1) is 17.3. The maximum absolute atomic E-state index is 13.2. The van der Waals surface area contributed by atoms with Crippen molar-refractivity contribution < 1.29 is 13.2 Å². The van der Waals surface area contributed by atoms with E-state index in [1.807, 2.05) is 31.2 Å². The van der Waals surface area contributed by atoms with Gasteiger partial charge in [0, 0.05) is 38.1 Å². The fourth-order valence-corrected chi connectivity index (χ4v) is 5.55. The maximum atomic E-state index is 13.2. The summed E-state index contributed by atoms with van der Waals surface area (Å²) in [7, 11) is -1.80. The number of para-hydroxylation sites is 1. The molecule has 1 aromatic heterocycles. The number of nitrogens with zero attached hydrogens (tertiary/aromatic N) is 3. The van der Waals surface area contributed by atoms with Crippen LogP contribution in [0.25, 0.3) is 0 Å². The summed E-state index contributed by atoms with van der Waals surface area (Å²) in [5.74, 6) is -0.159. The molecule has 0 bridgehead atoms. The number of benzene rings is 1. The van der Waals surface area contributed by atoms with Crippen LogP contribution in [0.2, 0.25) is 0 Å². The highest BCUT2D eigenvalue weighted by atomic mass is 32.2. The van der Waals surface area contributed by atoms with Crippen molar-refractivity contribution in [2.75, 3.05) is 18.0 Å². The van der Waals surface area contributed by atoms with Gasteiger partial charge in [-0.3, -0.25) is 4.79 Å². The second kappa shape index (κ2) is 6.25. The highest BCUT2D eigenvalue weighted by Crippen LogP contribution is 2.33. The van der Waals surface area contributed by atoms with Crippen LogP contribution in [-0.2, 0) is 23.5 Å². The molecule has 1 atom stereocenters. The van der Waals surface area contributed by atoms with E-state index in [1.165, 1.54) is 10.4 Å². The minimum absolute atomic E-state index is 0.0495. The van der Waals surface area contributed by atoms with E-state index in [-0.39, 0.29) is 16.8 Å². The Labute approximate surface area is 154 Å². The van der Waals surface area contributed by atoms with Crippen LogP contribution in [0.15, 0.2) is 41.4 Å². The van der Waals surface area contributed by atoms with Gasteiger partial charge >= 0.3 is 0 Å². The average Bonchev–Trinajstić information content (AvgIpc) is 3.32. The smallest absolute Gasteiger partial charge is 0.275 e. The summed E-state index contributed by atoms with van der Waals surface area (Å²) < 4.78 is 28.7. The molecule has 26 heavy (non-hydrogen) atoms. The van der Waals surface area contributed by atoms with Crippen molar-refractivity contribution in [1.29, 1.82) is 0 Å². The number of carbonyl (C=O) groups excluding carboxylic acids is 1. The number of anilines is 1. The fraction of sp³-hybridized carbons (Fsp3) is 0.421. The van der Waals surface area contributed by atoms with Gasteiger partial charge in [0.05, 0.1) is 0 Å². The van der Waals surface area contributed by atoms with Gasteiger partial charge in [-0.25, -0.2) is 8.42 Å². The van der Waals surface area contributed by atoms with Gasteiger partial charge in [0.25, 0.3) is 5.91 Å². The number of amides is 1. The zero-order valence-electron chi connectivity index (χ0n) is 15.1. The summed E-state index contributed by atoms with van der Waals surface area (Å²) in [5, 5.41) is 0. The van der Waals surface area contributed by atoms with Gasteiger partial charge in [-0.15, -0.1) is 0 Å². The third-order valence-electron chi connectivity index (χ3n) is 5.33. The van der Waals surface area contributed by atoms with Gasteiger partial charge in [0.15, 0.2) is 0 Å². The first-order chi connectivity index (χ1) is 12.4. The fourth-order valence-electron chi connectivity index (χ4n) is 3.96. The molecule has 138 valence electrons. The molecule has 1 amide bonds. The lowest BCUT2D eigenvalue weighted by molar-refractivity contribution is 0.0973. The van der Waals surface area contributed by atoms with E-state index in [9.17, 15) is 13.2 Å². The molecule has 1 aromatic carbocycles. The van der Waals surface area contributed by atoms with Crippen LogP contribution in [0.4, 0.5) is 5.69 Å². The monoisotopic (exact) mass is 373 g/mol. The molecule has 1 saturated heterocycles. The number of carbonyl (C=O) groups is 1. The molecule has 1 fully saturated rings. The van der Waals surface area contributed by atoms with Crippen LogP contribution < -0.4 is 4.90 Å². The van der Waals surface area contributed by atoms with Gasteiger partial charge in [-0.2, -0.15) is 4.31 Å². The number of hydrogen-bond donors (Lipinski definition) is 0. The number of aryl methyl sites for hydroxylation is 1. The van der Waals surface area contributed by atoms with Crippen molar-refractivity contribution in [2.45, 2.75) is 37.1 Å². The molecule has 2 aromatic rings. The highest BCUT2D eigenvalue weighted by molar-refractivity contribution is 7.89. The van der Waals surface area contributed by atoms with Crippen molar-refractivity contribution in [3.05, 3.63) is 47.8 Å². The summed E-state index contributed by atoms with van der Waals surface area (Å²) in [4.78, 5) is 15.2. The Morgan fingerprint density at radius 1 is 1.15 bits per heavy atom. The van der Waals surface area contributed by atoms with Gasteiger partial charge in [-0.05, 0) is 43.9 Å². The van der Waals surface area contributed by atoms with E-state index in [4.69, 9.17) is 0 Å². The molecule has 3 heterocycles. The van der Waals surface area contributed by atoms with Crippen molar-refractivity contribution in [3.63, 3.8) is 0 Å². The number of sulfonamides is 1. The van der Waals surface area contributed by atoms with Gasteiger partial charge in [0.1, 0.15) is 10.6 Å². The Bertz CT molecular complexity index is 958. The number of aromatic nitrogens is 1. The second-order valence-corrected chi connectivity index (χ2v) is 9.08. The first-order valence-electron chi connectivity index (χ1n) is 8.97. The SMILES string of the molecule is CC1Cc2ccccc2N1C(=O)c1cc(S(=O)(=O)N2CCCC2)cn1C. The van der Waals surface area contributed by atoms with Gasteiger partial charge in [-0.1, -0.05) is 18.2 Å². The predicted molar refractivity (Wildman–Crippen MR) is 99.8 cm³/mol. The lowest BCUT2D eigenvalue weighted by Gasteiger charge is -2.22. The quantitative estimate of drug-likeness (QED) is 0.830. The van der Waals surface area contributed by atoms with Crippen molar-refractivity contribution in [1.82, 2.24) is 8.87 Å². The van der Waals surface area contributed by atoms with Crippen molar-refractivity contribution in [2.24, 2.45) is 7.05 Å². The lowest BCUT2D eigenvalue weighted by atomic mass is 10.1. The largest absolute Gasteiger partial charge is 0.345 e. The highest BCUT2D eigenvalue weighted by Gasteiger charge is 2.34. The summed E-state index contributed by atoms with van der Waals surface area (Å²) >= 11 is 0.